The van der Waals surface area contributed by atoms with E-state index in [4.69, 9.17) is 0 Å². The predicted octanol–water partition coefficient (Wildman–Crippen LogP) is 1.59. The molecule has 4 heteroatoms. The van der Waals surface area contributed by atoms with Gasteiger partial charge in [0.1, 0.15) is 0 Å². The van der Waals surface area contributed by atoms with Crippen molar-refractivity contribution in [2.45, 2.75) is 51.3 Å². The number of hydrogen-bond donors (Lipinski definition) is 1. The second-order valence-corrected chi connectivity index (χ2v) is 6.29. The van der Waals surface area contributed by atoms with Gasteiger partial charge >= 0.3 is 0 Å². The molecule has 0 rings (SSSR count). The average molecular weight is 221 g/mol. The smallest absolute Gasteiger partial charge is 0.151 e. The summed E-state index contributed by atoms with van der Waals surface area (Å²) in [6.07, 6.45) is 4.29. The summed E-state index contributed by atoms with van der Waals surface area (Å²) < 4.78 is 22.7. The molecule has 2 atom stereocenters. The number of hydrogen-bond acceptors (Lipinski definition) is 3. The first-order chi connectivity index (χ1) is 6.43. The fourth-order valence-corrected chi connectivity index (χ4v) is 2.27. The highest BCUT2D eigenvalue weighted by Gasteiger charge is 2.24. The van der Waals surface area contributed by atoms with Crippen LogP contribution in [0.4, 0.5) is 0 Å². The molecule has 0 radical (unpaired) electrons. The zero-order valence-electron chi connectivity index (χ0n) is 9.71. The molecule has 0 amide bonds. The average Bonchev–Trinajstić information content (AvgIpc) is 2.09. The normalized spacial score (nSPS) is 16.6. The van der Waals surface area contributed by atoms with Crippen LogP contribution in [-0.4, -0.2) is 32.5 Å². The summed E-state index contributed by atoms with van der Waals surface area (Å²) in [4.78, 5) is 0. The van der Waals surface area contributed by atoms with Gasteiger partial charge in [-0.2, -0.15) is 0 Å². The minimum Gasteiger partial charge on any atom is -0.313 e. The third-order valence-electron chi connectivity index (χ3n) is 2.50. The van der Waals surface area contributed by atoms with Gasteiger partial charge in [-0.1, -0.05) is 20.3 Å². The lowest BCUT2D eigenvalue weighted by molar-refractivity contribution is 0.456. The Morgan fingerprint density at radius 1 is 1.21 bits per heavy atom. The molecule has 0 fully saturated rings. The molecule has 0 aliphatic rings. The van der Waals surface area contributed by atoms with Crippen LogP contribution >= 0.6 is 0 Å². The second-order valence-electron chi connectivity index (χ2n) is 3.88. The molecule has 0 aromatic heterocycles. The van der Waals surface area contributed by atoms with E-state index in [2.05, 4.69) is 19.2 Å². The first-order valence-electron chi connectivity index (χ1n) is 5.35. The van der Waals surface area contributed by atoms with Crippen molar-refractivity contribution in [3.8, 4) is 0 Å². The standard InChI is InChI=1S/C10H23NO2S/c1-5-7-10(11-8-6-2)9(3)14(4,12)13/h9-11H,5-8H2,1-4H3. The van der Waals surface area contributed by atoms with Gasteiger partial charge in [0.15, 0.2) is 9.84 Å². The molecule has 3 nitrogen and oxygen atoms in total. The van der Waals surface area contributed by atoms with E-state index in [0.29, 0.717) is 0 Å². The fourth-order valence-electron chi connectivity index (χ4n) is 1.44. The molecule has 0 aromatic carbocycles. The molecule has 14 heavy (non-hydrogen) atoms. The van der Waals surface area contributed by atoms with Gasteiger partial charge in [-0.15, -0.1) is 0 Å². The van der Waals surface area contributed by atoms with Crippen molar-refractivity contribution in [1.82, 2.24) is 5.32 Å². The summed E-state index contributed by atoms with van der Waals surface area (Å²) in [6, 6.07) is 0.106. The lowest BCUT2D eigenvalue weighted by Gasteiger charge is -2.23. The molecule has 0 aromatic rings. The van der Waals surface area contributed by atoms with Gasteiger partial charge in [0.25, 0.3) is 0 Å². The SMILES string of the molecule is CCCNC(CCC)C(C)S(C)(=O)=O. The van der Waals surface area contributed by atoms with E-state index in [-0.39, 0.29) is 11.3 Å². The Labute approximate surface area is 88.2 Å². The van der Waals surface area contributed by atoms with E-state index in [0.717, 1.165) is 25.8 Å². The largest absolute Gasteiger partial charge is 0.313 e. The minimum atomic E-state index is -2.92. The number of nitrogens with one attached hydrogen (secondary N) is 1. The zero-order chi connectivity index (χ0) is 11.2. The van der Waals surface area contributed by atoms with E-state index in [1.807, 2.05) is 0 Å². The zero-order valence-corrected chi connectivity index (χ0v) is 10.5. The number of sulfone groups is 1. The van der Waals surface area contributed by atoms with Gasteiger partial charge < -0.3 is 5.32 Å². The van der Waals surface area contributed by atoms with Gasteiger partial charge in [-0.05, 0) is 26.3 Å². The quantitative estimate of drug-likeness (QED) is 0.710. The van der Waals surface area contributed by atoms with Crippen LogP contribution in [0.2, 0.25) is 0 Å². The Hall–Kier alpha value is -0.0900. The topological polar surface area (TPSA) is 46.2 Å². The van der Waals surface area contributed by atoms with Crippen LogP contribution in [0.25, 0.3) is 0 Å². The molecule has 1 N–H and O–H groups in total. The Morgan fingerprint density at radius 2 is 1.79 bits per heavy atom. The van der Waals surface area contributed by atoms with Gasteiger partial charge in [-0.25, -0.2) is 8.42 Å². The summed E-state index contributed by atoms with van der Waals surface area (Å²) in [7, 11) is -2.92. The van der Waals surface area contributed by atoms with Gasteiger partial charge in [-0.3, -0.25) is 0 Å². The Morgan fingerprint density at radius 3 is 2.14 bits per heavy atom. The molecule has 0 heterocycles. The van der Waals surface area contributed by atoms with Gasteiger partial charge in [0.05, 0.1) is 5.25 Å². The first kappa shape index (κ1) is 13.9. The first-order valence-corrected chi connectivity index (χ1v) is 7.31. The van der Waals surface area contributed by atoms with Crippen LogP contribution in [0.5, 0.6) is 0 Å². The lowest BCUT2D eigenvalue weighted by Crippen LogP contribution is -2.42. The summed E-state index contributed by atoms with van der Waals surface area (Å²) in [5.41, 5.74) is 0. The van der Waals surface area contributed by atoms with Crippen LogP contribution in [0.1, 0.15) is 40.0 Å². The Bertz CT molecular complexity index is 237. The maximum Gasteiger partial charge on any atom is 0.151 e. The molecule has 0 saturated carbocycles. The molecule has 86 valence electrons. The maximum atomic E-state index is 11.4. The molecular formula is C10H23NO2S. The Balaban J connectivity index is 4.32. The summed E-state index contributed by atoms with van der Waals surface area (Å²) in [5.74, 6) is 0. The highest BCUT2D eigenvalue weighted by molar-refractivity contribution is 7.91. The number of rotatable bonds is 7. The van der Waals surface area contributed by atoms with Gasteiger partial charge in [0, 0.05) is 12.3 Å². The highest BCUT2D eigenvalue weighted by atomic mass is 32.2. The third kappa shape index (κ3) is 4.96. The lowest BCUT2D eigenvalue weighted by atomic mass is 10.1. The van der Waals surface area contributed by atoms with Crippen LogP contribution < -0.4 is 5.32 Å². The van der Waals surface area contributed by atoms with E-state index in [9.17, 15) is 8.42 Å². The molecule has 0 aliphatic carbocycles. The maximum absolute atomic E-state index is 11.4. The fraction of sp³-hybridized carbons (Fsp3) is 1.00. The van der Waals surface area contributed by atoms with Crippen molar-refractivity contribution < 1.29 is 8.42 Å². The molecule has 2 unspecified atom stereocenters. The highest BCUT2D eigenvalue weighted by Crippen LogP contribution is 2.09. The molecule has 0 saturated heterocycles. The predicted molar refractivity (Wildman–Crippen MR) is 61.3 cm³/mol. The summed E-state index contributed by atoms with van der Waals surface area (Å²) >= 11 is 0. The van der Waals surface area contributed by atoms with Crippen molar-refractivity contribution >= 4 is 9.84 Å². The van der Waals surface area contributed by atoms with Crippen molar-refractivity contribution in [3.05, 3.63) is 0 Å². The van der Waals surface area contributed by atoms with Crippen molar-refractivity contribution in [2.24, 2.45) is 0 Å². The van der Waals surface area contributed by atoms with Crippen LogP contribution in [-0.2, 0) is 9.84 Å². The van der Waals surface area contributed by atoms with Crippen LogP contribution in [0.15, 0.2) is 0 Å². The molecular weight excluding hydrogens is 198 g/mol. The summed E-state index contributed by atoms with van der Waals surface area (Å²) in [6.45, 7) is 6.85. The summed E-state index contributed by atoms with van der Waals surface area (Å²) in [5, 5.41) is 3.01. The van der Waals surface area contributed by atoms with Crippen molar-refractivity contribution in [1.29, 1.82) is 0 Å². The van der Waals surface area contributed by atoms with E-state index in [1.165, 1.54) is 6.26 Å². The van der Waals surface area contributed by atoms with Gasteiger partial charge in [0.2, 0.25) is 0 Å². The second kappa shape index (κ2) is 6.40. The van der Waals surface area contributed by atoms with Crippen LogP contribution in [0.3, 0.4) is 0 Å². The monoisotopic (exact) mass is 221 g/mol. The van der Waals surface area contributed by atoms with Crippen molar-refractivity contribution in [2.75, 3.05) is 12.8 Å². The Kier molecular flexibility index (Phi) is 6.36. The third-order valence-corrected chi connectivity index (χ3v) is 4.18. The molecule has 0 aliphatic heterocycles. The van der Waals surface area contributed by atoms with E-state index >= 15 is 0 Å². The van der Waals surface area contributed by atoms with E-state index in [1.54, 1.807) is 6.92 Å². The molecule has 0 bridgehead atoms. The van der Waals surface area contributed by atoms with Crippen molar-refractivity contribution in [3.63, 3.8) is 0 Å². The van der Waals surface area contributed by atoms with Crippen LogP contribution in [0, 0.1) is 0 Å². The minimum absolute atomic E-state index is 0.106. The molecule has 0 spiro atoms. The van der Waals surface area contributed by atoms with E-state index < -0.39 is 9.84 Å².